The zero-order valence-electron chi connectivity index (χ0n) is 17.0. The fraction of sp³-hybridized carbons (Fsp3) is 0.348. The topological polar surface area (TPSA) is 80.1 Å². The predicted octanol–water partition coefficient (Wildman–Crippen LogP) is 4.24. The maximum atomic E-state index is 10.7. The van der Waals surface area contributed by atoms with Crippen LogP contribution in [0.15, 0.2) is 53.4 Å². The number of aliphatic hydroxyl groups is 1. The fourth-order valence-corrected chi connectivity index (χ4v) is 6.02. The third-order valence-electron chi connectivity index (χ3n) is 6.09. The van der Waals surface area contributed by atoms with Crippen LogP contribution < -0.4 is 9.80 Å². The Morgan fingerprint density at radius 2 is 1.87 bits per heavy atom. The van der Waals surface area contributed by atoms with Gasteiger partial charge in [0.2, 0.25) is 0 Å². The van der Waals surface area contributed by atoms with Gasteiger partial charge in [-0.15, -0.1) is 0 Å². The summed E-state index contributed by atoms with van der Waals surface area (Å²) in [5.41, 5.74) is 4.10. The van der Waals surface area contributed by atoms with Gasteiger partial charge in [0, 0.05) is 43.3 Å². The number of benzene rings is 2. The Hall–Kier alpha value is -2.32. The highest BCUT2D eigenvalue weighted by molar-refractivity contribution is 8.24. The predicted molar refractivity (Wildman–Crippen MR) is 123 cm³/mol. The van der Waals surface area contributed by atoms with Gasteiger partial charge in [0.1, 0.15) is 5.82 Å². The van der Waals surface area contributed by atoms with Gasteiger partial charge >= 0.3 is 0 Å². The normalized spacial score (nSPS) is 22.1. The second-order valence-electron chi connectivity index (χ2n) is 8.31. The lowest BCUT2D eigenvalue weighted by Gasteiger charge is -2.32. The molecule has 158 valence electrons. The summed E-state index contributed by atoms with van der Waals surface area (Å²) in [5, 5.41) is 11.2. The van der Waals surface area contributed by atoms with Crippen LogP contribution in [-0.2, 0) is 6.54 Å². The molecule has 3 aromatic rings. The van der Waals surface area contributed by atoms with Crippen LogP contribution in [0.5, 0.6) is 0 Å². The van der Waals surface area contributed by atoms with E-state index in [1.165, 1.54) is 5.56 Å². The molecule has 1 fully saturated rings. The van der Waals surface area contributed by atoms with Crippen molar-refractivity contribution >= 4 is 33.0 Å². The van der Waals surface area contributed by atoms with Gasteiger partial charge < -0.3 is 14.9 Å². The monoisotopic (exact) mass is 425 g/mol. The molecule has 0 spiro atoms. The maximum absolute atomic E-state index is 10.7. The lowest BCUT2D eigenvalue weighted by atomic mass is 10.1. The molecule has 0 saturated carbocycles. The van der Waals surface area contributed by atoms with E-state index in [1.807, 2.05) is 30.3 Å². The van der Waals surface area contributed by atoms with E-state index in [1.54, 1.807) is 0 Å². The summed E-state index contributed by atoms with van der Waals surface area (Å²) in [6, 6.07) is 15.9. The van der Waals surface area contributed by atoms with Crippen molar-refractivity contribution in [2.24, 2.45) is 0 Å². The number of nitrogens with zero attached hydrogens (tertiary/aromatic N) is 3. The molecule has 5 rings (SSSR count). The van der Waals surface area contributed by atoms with Crippen molar-refractivity contribution in [1.82, 2.24) is 4.98 Å². The van der Waals surface area contributed by atoms with E-state index in [9.17, 15) is 14.2 Å². The van der Waals surface area contributed by atoms with Crippen LogP contribution in [0.25, 0.3) is 10.9 Å². The minimum absolute atomic E-state index is 0.287. The van der Waals surface area contributed by atoms with Crippen molar-refractivity contribution in [1.29, 1.82) is 0 Å². The Morgan fingerprint density at radius 3 is 2.67 bits per heavy atom. The molecule has 2 aliphatic rings. The van der Waals surface area contributed by atoms with Crippen LogP contribution in [0.3, 0.4) is 0 Å². The molecule has 6 nitrogen and oxygen atoms in total. The average Bonchev–Trinajstić information content (AvgIpc) is 3.11. The molecule has 2 aliphatic heterocycles. The Kier molecular flexibility index (Phi) is 4.86. The summed E-state index contributed by atoms with van der Waals surface area (Å²) in [4.78, 5) is 9.95. The smallest absolute Gasteiger partial charge is 0.131 e. The number of aryl methyl sites for hydroxylation is 1. The van der Waals surface area contributed by atoms with E-state index < -0.39 is 10.6 Å². The number of aliphatic hydroxyl groups excluding tert-OH is 1. The summed E-state index contributed by atoms with van der Waals surface area (Å²) in [5.74, 6) is 1.12. The van der Waals surface area contributed by atoms with Crippen molar-refractivity contribution in [3.05, 3.63) is 59.7 Å². The standard InChI is InChI=1S/C23H27N3O3S/c1-16-6-7-20-19(12-16)21(25-9-8-18(27)15-25)13-23(24-20)26-10-11-30(28,29)22-5-3-2-4-17(22)14-26/h2-7,12-13,18,27-29H,8-11,14-15H2,1H3/t18-/m1/s1. The Bertz CT molecular complexity index is 1100. The Morgan fingerprint density at radius 1 is 1.03 bits per heavy atom. The van der Waals surface area contributed by atoms with E-state index in [4.69, 9.17) is 4.98 Å². The number of rotatable bonds is 2. The molecule has 0 bridgehead atoms. The van der Waals surface area contributed by atoms with Gasteiger partial charge in [-0.1, -0.05) is 29.8 Å². The third kappa shape index (κ3) is 3.52. The SMILES string of the molecule is Cc1ccc2nc(N3CCS(O)(O)c4ccccc4C3)cc(N3CC[C@@H](O)C3)c2c1. The first-order valence-electron chi connectivity index (χ1n) is 10.3. The van der Waals surface area contributed by atoms with Crippen molar-refractivity contribution < 1.29 is 14.2 Å². The summed E-state index contributed by atoms with van der Waals surface area (Å²) < 4.78 is 21.4. The highest BCUT2D eigenvalue weighted by atomic mass is 32.3. The second-order valence-corrected chi connectivity index (χ2v) is 10.5. The van der Waals surface area contributed by atoms with E-state index in [-0.39, 0.29) is 11.9 Å². The Balaban J connectivity index is 1.60. The van der Waals surface area contributed by atoms with Crippen molar-refractivity contribution in [2.45, 2.75) is 30.9 Å². The first-order chi connectivity index (χ1) is 14.4. The van der Waals surface area contributed by atoms with E-state index in [2.05, 4.69) is 34.9 Å². The second kappa shape index (κ2) is 7.42. The quantitative estimate of drug-likeness (QED) is 0.570. The largest absolute Gasteiger partial charge is 0.391 e. The van der Waals surface area contributed by atoms with Gasteiger partial charge in [-0.25, -0.2) is 4.98 Å². The van der Waals surface area contributed by atoms with Gasteiger partial charge in [-0.05, 0) is 37.1 Å². The highest BCUT2D eigenvalue weighted by Crippen LogP contribution is 2.51. The Labute approximate surface area is 178 Å². The molecule has 3 heterocycles. The van der Waals surface area contributed by atoms with Crippen molar-refractivity contribution in [2.75, 3.05) is 35.2 Å². The van der Waals surface area contributed by atoms with Crippen molar-refractivity contribution in [3.8, 4) is 0 Å². The average molecular weight is 426 g/mol. The molecule has 0 unspecified atom stereocenters. The molecule has 7 heteroatoms. The van der Waals surface area contributed by atoms with Crippen LogP contribution >= 0.6 is 10.6 Å². The van der Waals surface area contributed by atoms with Crippen LogP contribution in [-0.4, -0.2) is 50.7 Å². The number of hydrogen-bond acceptors (Lipinski definition) is 6. The minimum Gasteiger partial charge on any atom is -0.391 e. The lowest BCUT2D eigenvalue weighted by molar-refractivity contribution is 0.198. The zero-order valence-corrected chi connectivity index (χ0v) is 17.8. The van der Waals surface area contributed by atoms with Crippen LogP contribution in [0.1, 0.15) is 17.5 Å². The number of β-amino-alcohol motifs (C(OH)–C–C–N with tert-alkyl or cyclic N) is 1. The van der Waals surface area contributed by atoms with Gasteiger partial charge in [0.05, 0.1) is 22.3 Å². The molecule has 0 aliphatic carbocycles. The first kappa shape index (κ1) is 19.6. The summed E-state index contributed by atoms with van der Waals surface area (Å²) in [6.45, 7) is 4.61. The first-order valence-corrected chi connectivity index (χ1v) is 12.1. The maximum Gasteiger partial charge on any atom is 0.131 e. The molecular formula is C23H27N3O3S. The molecular weight excluding hydrogens is 398 g/mol. The molecule has 0 radical (unpaired) electrons. The summed E-state index contributed by atoms with van der Waals surface area (Å²) >= 11 is 0. The molecule has 1 aromatic heterocycles. The van der Waals surface area contributed by atoms with Crippen LogP contribution in [0, 0.1) is 6.92 Å². The van der Waals surface area contributed by atoms with E-state index in [0.29, 0.717) is 24.5 Å². The van der Waals surface area contributed by atoms with E-state index in [0.717, 1.165) is 40.9 Å². The zero-order chi connectivity index (χ0) is 20.9. The molecule has 0 amide bonds. The van der Waals surface area contributed by atoms with Crippen LogP contribution in [0.4, 0.5) is 11.5 Å². The number of fused-ring (bicyclic) bond motifs is 2. The third-order valence-corrected chi connectivity index (χ3v) is 7.94. The van der Waals surface area contributed by atoms with Gasteiger partial charge in [-0.2, -0.15) is 10.6 Å². The minimum atomic E-state index is -2.81. The molecule has 1 atom stereocenters. The number of aromatic nitrogens is 1. The van der Waals surface area contributed by atoms with Crippen molar-refractivity contribution in [3.63, 3.8) is 0 Å². The summed E-state index contributed by atoms with van der Waals surface area (Å²) in [7, 11) is -2.81. The van der Waals surface area contributed by atoms with Gasteiger partial charge in [-0.3, -0.25) is 9.11 Å². The fourth-order valence-electron chi connectivity index (χ4n) is 4.47. The lowest BCUT2D eigenvalue weighted by Crippen LogP contribution is -2.27. The van der Waals surface area contributed by atoms with Crippen LogP contribution in [0.2, 0.25) is 0 Å². The number of anilines is 2. The number of pyridine rings is 1. The molecule has 3 N–H and O–H groups in total. The summed E-state index contributed by atoms with van der Waals surface area (Å²) in [6.07, 6.45) is 0.461. The molecule has 1 saturated heterocycles. The van der Waals surface area contributed by atoms with Gasteiger partial charge in [0.15, 0.2) is 0 Å². The highest BCUT2D eigenvalue weighted by Gasteiger charge is 2.28. The molecule has 30 heavy (non-hydrogen) atoms. The number of hydrogen-bond donors (Lipinski definition) is 3. The molecule has 2 aromatic carbocycles. The van der Waals surface area contributed by atoms with Gasteiger partial charge in [0.25, 0.3) is 0 Å². The van der Waals surface area contributed by atoms with E-state index >= 15 is 0 Å².